The summed E-state index contributed by atoms with van der Waals surface area (Å²) in [6, 6.07) is 7.52. The van der Waals surface area contributed by atoms with Crippen molar-refractivity contribution < 1.29 is 18.3 Å². The van der Waals surface area contributed by atoms with Crippen LogP contribution < -0.4 is 10.1 Å². The van der Waals surface area contributed by atoms with E-state index in [1.165, 1.54) is 18.4 Å². The molecule has 0 amide bonds. The van der Waals surface area contributed by atoms with Crippen LogP contribution in [0.2, 0.25) is 0 Å². The van der Waals surface area contributed by atoms with Crippen molar-refractivity contribution in [2.75, 3.05) is 39.6 Å². The molecule has 2 rings (SSSR count). The first-order chi connectivity index (χ1) is 9.91. The highest BCUT2D eigenvalue weighted by Crippen LogP contribution is 2.36. The van der Waals surface area contributed by atoms with Crippen molar-refractivity contribution in [3.8, 4) is 5.75 Å². The van der Waals surface area contributed by atoms with Crippen molar-refractivity contribution >= 4 is 10.0 Å². The maximum Gasteiger partial charge on any atom is 0.214 e. The second-order valence-electron chi connectivity index (χ2n) is 5.36. The van der Waals surface area contributed by atoms with Gasteiger partial charge in [-0.05, 0) is 6.07 Å². The van der Waals surface area contributed by atoms with Crippen molar-refractivity contribution in [3.63, 3.8) is 0 Å². The molecule has 1 aromatic rings. The summed E-state index contributed by atoms with van der Waals surface area (Å²) in [5.41, 5.74) is 0.234. The molecule has 0 radical (unpaired) electrons. The standard InChI is InChI=1S/C14H22N2O4S/c1-16(2)21(18,19)10-8-15-14(11-17)7-9-20-13-6-4-3-5-12(13)14/h3-6,15,17H,7-11H2,1-2H3. The lowest BCUT2D eigenvalue weighted by Gasteiger charge is -2.38. The molecule has 0 bridgehead atoms. The van der Waals surface area contributed by atoms with Gasteiger partial charge in [-0.15, -0.1) is 0 Å². The number of nitrogens with one attached hydrogen (secondary N) is 1. The summed E-state index contributed by atoms with van der Waals surface area (Å²) in [5.74, 6) is 0.728. The lowest BCUT2D eigenvalue weighted by atomic mass is 9.85. The number of hydrogen-bond donors (Lipinski definition) is 2. The van der Waals surface area contributed by atoms with Gasteiger partial charge in [0.05, 0.1) is 24.5 Å². The van der Waals surface area contributed by atoms with Crippen molar-refractivity contribution in [3.05, 3.63) is 29.8 Å². The average molecular weight is 314 g/mol. The molecular formula is C14H22N2O4S. The van der Waals surface area contributed by atoms with Crippen molar-refractivity contribution in [1.82, 2.24) is 9.62 Å². The second-order valence-corrected chi connectivity index (χ2v) is 7.66. The number of nitrogens with zero attached hydrogens (tertiary/aromatic N) is 1. The number of sulfonamides is 1. The molecule has 21 heavy (non-hydrogen) atoms. The van der Waals surface area contributed by atoms with E-state index in [1.807, 2.05) is 24.3 Å². The summed E-state index contributed by atoms with van der Waals surface area (Å²) in [6.45, 7) is 0.662. The van der Waals surface area contributed by atoms with Crippen LogP contribution in [0.1, 0.15) is 12.0 Å². The highest BCUT2D eigenvalue weighted by atomic mass is 32.2. The molecule has 1 heterocycles. The topological polar surface area (TPSA) is 78.9 Å². The minimum absolute atomic E-state index is 0.00915. The highest BCUT2D eigenvalue weighted by molar-refractivity contribution is 7.89. The normalized spacial score (nSPS) is 21.9. The minimum Gasteiger partial charge on any atom is -0.493 e. The molecule has 0 aliphatic carbocycles. The predicted molar refractivity (Wildman–Crippen MR) is 80.8 cm³/mol. The van der Waals surface area contributed by atoms with Gasteiger partial charge in [-0.3, -0.25) is 0 Å². The zero-order valence-electron chi connectivity index (χ0n) is 12.4. The molecule has 0 fully saturated rings. The molecule has 0 aromatic heterocycles. The molecule has 0 spiro atoms. The summed E-state index contributed by atoms with van der Waals surface area (Å²) >= 11 is 0. The third kappa shape index (κ3) is 3.37. The van der Waals surface area contributed by atoms with Gasteiger partial charge in [0, 0.05) is 32.6 Å². The Labute approximate surface area is 125 Å². The summed E-state index contributed by atoms with van der Waals surface area (Å²) in [7, 11) is -0.224. The van der Waals surface area contributed by atoms with Crippen molar-refractivity contribution in [2.24, 2.45) is 0 Å². The van der Waals surface area contributed by atoms with E-state index < -0.39 is 15.6 Å². The third-order valence-electron chi connectivity index (χ3n) is 3.84. The fourth-order valence-corrected chi connectivity index (χ4v) is 3.19. The number of aliphatic hydroxyl groups is 1. The van der Waals surface area contributed by atoms with E-state index in [0.29, 0.717) is 13.0 Å². The van der Waals surface area contributed by atoms with Gasteiger partial charge in [0.15, 0.2) is 0 Å². The summed E-state index contributed by atoms with van der Waals surface area (Å²) in [6.07, 6.45) is 0.600. The number of benzene rings is 1. The van der Waals surface area contributed by atoms with E-state index >= 15 is 0 Å². The van der Waals surface area contributed by atoms with Crippen LogP contribution in [0.3, 0.4) is 0 Å². The maximum atomic E-state index is 11.8. The van der Waals surface area contributed by atoms with Gasteiger partial charge in [-0.25, -0.2) is 12.7 Å². The Bertz CT molecular complexity index is 588. The molecule has 1 aliphatic rings. The van der Waals surface area contributed by atoms with Crippen LogP contribution in [0.5, 0.6) is 5.75 Å². The van der Waals surface area contributed by atoms with Crippen LogP contribution >= 0.6 is 0 Å². The van der Waals surface area contributed by atoms with E-state index in [0.717, 1.165) is 11.3 Å². The van der Waals surface area contributed by atoms with Gasteiger partial charge in [0.2, 0.25) is 10.0 Å². The van der Waals surface area contributed by atoms with Gasteiger partial charge < -0.3 is 15.2 Å². The number of fused-ring (bicyclic) bond motifs is 1. The van der Waals surface area contributed by atoms with E-state index in [-0.39, 0.29) is 18.9 Å². The Kier molecular flexibility index (Phi) is 4.88. The fourth-order valence-electron chi connectivity index (χ4n) is 2.46. The highest BCUT2D eigenvalue weighted by Gasteiger charge is 2.36. The van der Waals surface area contributed by atoms with Crippen molar-refractivity contribution in [2.45, 2.75) is 12.0 Å². The lowest BCUT2D eigenvalue weighted by Crippen LogP contribution is -2.50. The van der Waals surface area contributed by atoms with Gasteiger partial charge in [0.1, 0.15) is 5.75 Å². The van der Waals surface area contributed by atoms with Crippen LogP contribution in [0, 0.1) is 0 Å². The monoisotopic (exact) mass is 314 g/mol. The first-order valence-corrected chi connectivity index (χ1v) is 8.51. The van der Waals surface area contributed by atoms with Crippen LogP contribution in [0.15, 0.2) is 24.3 Å². The molecular weight excluding hydrogens is 292 g/mol. The second kappa shape index (κ2) is 6.31. The molecule has 0 saturated heterocycles. The molecule has 6 nitrogen and oxygen atoms in total. The van der Waals surface area contributed by atoms with E-state index in [2.05, 4.69) is 5.32 Å². The zero-order valence-corrected chi connectivity index (χ0v) is 13.2. The number of aliphatic hydroxyl groups excluding tert-OH is 1. The largest absolute Gasteiger partial charge is 0.493 e. The van der Waals surface area contributed by atoms with Crippen LogP contribution in [-0.4, -0.2) is 57.4 Å². The number of rotatable bonds is 6. The number of ether oxygens (including phenoxy) is 1. The van der Waals surface area contributed by atoms with Crippen LogP contribution in [0.4, 0.5) is 0 Å². The predicted octanol–water partition coefficient (Wildman–Crippen LogP) is 0.138. The molecule has 1 unspecified atom stereocenters. The molecule has 7 heteroatoms. The Morgan fingerprint density at radius 1 is 1.38 bits per heavy atom. The van der Waals surface area contributed by atoms with E-state index in [4.69, 9.17) is 4.74 Å². The molecule has 2 N–H and O–H groups in total. The summed E-state index contributed by atoms with van der Waals surface area (Å²) in [4.78, 5) is 0. The van der Waals surface area contributed by atoms with Gasteiger partial charge in [0.25, 0.3) is 0 Å². The maximum absolute atomic E-state index is 11.8. The Balaban J connectivity index is 2.14. The smallest absolute Gasteiger partial charge is 0.214 e. The van der Waals surface area contributed by atoms with Crippen LogP contribution in [0.25, 0.3) is 0 Å². The average Bonchev–Trinajstić information content (AvgIpc) is 2.47. The quantitative estimate of drug-likeness (QED) is 0.781. The van der Waals surface area contributed by atoms with Crippen LogP contribution in [-0.2, 0) is 15.6 Å². The Hall–Kier alpha value is -1.15. The lowest BCUT2D eigenvalue weighted by molar-refractivity contribution is 0.109. The molecule has 1 aliphatic heterocycles. The molecule has 0 saturated carbocycles. The van der Waals surface area contributed by atoms with Gasteiger partial charge >= 0.3 is 0 Å². The summed E-state index contributed by atoms with van der Waals surface area (Å²) < 4.78 is 30.4. The Morgan fingerprint density at radius 2 is 2.10 bits per heavy atom. The zero-order chi connectivity index (χ0) is 15.5. The van der Waals surface area contributed by atoms with Gasteiger partial charge in [-0.2, -0.15) is 0 Å². The summed E-state index contributed by atoms with van der Waals surface area (Å²) in [5, 5.41) is 13.1. The molecule has 1 aromatic carbocycles. The first kappa shape index (κ1) is 16.2. The fraction of sp³-hybridized carbons (Fsp3) is 0.571. The van der Waals surface area contributed by atoms with Gasteiger partial charge in [-0.1, -0.05) is 18.2 Å². The minimum atomic E-state index is -3.25. The molecule has 1 atom stereocenters. The Morgan fingerprint density at radius 3 is 2.76 bits per heavy atom. The first-order valence-electron chi connectivity index (χ1n) is 6.90. The molecule has 118 valence electrons. The van der Waals surface area contributed by atoms with E-state index in [1.54, 1.807) is 0 Å². The number of para-hydroxylation sites is 1. The third-order valence-corrected chi connectivity index (χ3v) is 5.67. The van der Waals surface area contributed by atoms with E-state index in [9.17, 15) is 13.5 Å². The van der Waals surface area contributed by atoms with Crippen molar-refractivity contribution in [1.29, 1.82) is 0 Å². The number of hydrogen-bond acceptors (Lipinski definition) is 5. The SMILES string of the molecule is CN(C)S(=O)(=O)CCNC1(CO)CCOc2ccccc21.